The molecule has 0 saturated heterocycles. The molecule has 0 fully saturated rings. The van der Waals surface area contributed by atoms with Crippen molar-refractivity contribution in [1.82, 2.24) is 0 Å². The molecule has 0 aromatic carbocycles. The maximum Gasteiger partial charge on any atom is 0.131 e. The molecule has 7 heteroatoms. The van der Waals surface area contributed by atoms with Crippen LogP contribution in [-0.2, 0) is 70.2 Å². The maximum atomic E-state index is 7.74. The van der Waals surface area contributed by atoms with Crippen molar-refractivity contribution < 1.29 is 81.1 Å². The molecule has 0 heterocycles. The van der Waals surface area contributed by atoms with Gasteiger partial charge in [-0.25, -0.2) is 0 Å². The van der Waals surface area contributed by atoms with Crippen molar-refractivity contribution >= 4 is 0 Å². The van der Waals surface area contributed by atoms with Gasteiger partial charge in [-0.3, -0.25) is 0 Å². The molecule has 5 nitrogen and oxygen atoms in total. The van der Waals surface area contributed by atoms with Crippen molar-refractivity contribution in [1.29, 1.82) is 5.26 Å². The van der Waals surface area contributed by atoms with Gasteiger partial charge in [0.2, 0.25) is 0 Å². The molecular weight excluding hydrogens is 290 g/mol. The van der Waals surface area contributed by atoms with Crippen LogP contribution >= 0.6 is 0 Å². The van der Waals surface area contributed by atoms with E-state index >= 15 is 0 Å². The largest absolute Gasteiger partial charge is 0.655 e. The summed E-state index contributed by atoms with van der Waals surface area (Å²) in [6.45, 7) is -0.0862. The van der Waals surface area contributed by atoms with Crippen LogP contribution in [0.5, 0.6) is 0 Å². The molecule has 0 aliphatic rings. The molecule has 0 atom stereocenters. The Kier molecular flexibility index (Phi) is 93.7. The number of ether oxygens (including phenoxy) is 1. The second kappa shape index (κ2) is 31.3. The van der Waals surface area contributed by atoms with Gasteiger partial charge < -0.3 is 21.4 Å². The molecule has 0 spiro atoms. The third-order valence-electron chi connectivity index (χ3n) is 0.269. The van der Waals surface area contributed by atoms with Crippen molar-refractivity contribution in [2.45, 2.75) is 0 Å². The first-order valence-electron chi connectivity index (χ1n) is 1.51. The number of nitrogens with zero attached hydrogens (tertiary/aromatic N) is 1. The number of rotatable bonds is 2. The predicted molar refractivity (Wildman–Crippen MR) is 28.0 cm³/mol. The Balaban J connectivity index is -0.0000000208. The number of nitrogens with one attached hydrogen (secondary N) is 1. The van der Waals surface area contributed by atoms with Gasteiger partial charge in [0.15, 0.2) is 0 Å². The standard InChI is InChI=1S/C3H5N2O.2H2O.2Y/c4-1-2-6-3-5;;;;/h5H,2-3H2;2*1H2;;/q-1;;;;. The van der Waals surface area contributed by atoms with E-state index in [-0.39, 0.29) is 89.7 Å². The van der Waals surface area contributed by atoms with Gasteiger partial charge in [0.05, 0.1) is 6.07 Å². The Morgan fingerprint density at radius 3 is 1.80 bits per heavy atom. The fourth-order valence-electron chi connectivity index (χ4n) is 0.0967. The summed E-state index contributed by atoms with van der Waals surface area (Å²) in [4.78, 5) is 0. The van der Waals surface area contributed by atoms with E-state index in [0.29, 0.717) is 0 Å². The predicted octanol–water partition coefficient (Wildman–Crippen LogP) is -1.12. The monoisotopic (exact) mass is 299 g/mol. The summed E-state index contributed by atoms with van der Waals surface area (Å²) in [6, 6.07) is 1.73. The number of nitriles is 1. The first-order valence-corrected chi connectivity index (χ1v) is 1.51. The van der Waals surface area contributed by atoms with Gasteiger partial charge in [-0.2, -0.15) is 5.26 Å². The first kappa shape index (κ1) is 30.0. The van der Waals surface area contributed by atoms with E-state index in [2.05, 4.69) is 4.74 Å². The zero-order valence-electron chi connectivity index (χ0n) is 5.42. The minimum absolute atomic E-state index is 0. The average Bonchev–Trinajstić information content (AvgIpc) is 1.61. The van der Waals surface area contributed by atoms with E-state index < -0.39 is 0 Å². The molecule has 0 amide bonds. The molecule has 0 bridgehead atoms. The topological polar surface area (TPSA) is 120 Å². The second-order valence-electron chi connectivity index (χ2n) is 0.651. The molecule has 10 heavy (non-hydrogen) atoms. The third-order valence-corrected chi connectivity index (χ3v) is 0.269. The minimum atomic E-state index is -0.117. The van der Waals surface area contributed by atoms with Crippen LogP contribution in [0.25, 0.3) is 5.73 Å². The van der Waals surface area contributed by atoms with Gasteiger partial charge in [0.1, 0.15) is 6.61 Å². The van der Waals surface area contributed by atoms with Crippen molar-refractivity contribution in [2.24, 2.45) is 0 Å². The van der Waals surface area contributed by atoms with Crippen LogP contribution in [0.1, 0.15) is 0 Å². The van der Waals surface area contributed by atoms with E-state index in [1.54, 1.807) is 6.07 Å². The molecule has 0 saturated carbocycles. The normalized spacial score (nSPS) is 4.40. The van der Waals surface area contributed by atoms with Crippen LogP contribution < -0.4 is 0 Å². The Hall–Kier alpha value is 1.54. The van der Waals surface area contributed by atoms with Gasteiger partial charge in [0, 0.05) is 65.4 Å². The second-order valence-corrected chi connectivity index (χ2v) is 0.651. The zero-order chi connectivity index (χ0) is 4.83. The van der Waals surface area contributed by atoms with Gasteiger partial charge >= 0.3 is 0 Å². The summed E-state index contributed by atoms with van der Waals surface area (Å²) in [7, 11) is 0. The fraction of sp³-hybridized carbons (Fsp3) is 0.667. The van der Waals surface area contributed by atoms with Gasteiger partial charge in [0.25, 0.3) is 0 Å². The van der Waals surface area contributed by atoms with Gasteiger partial charge in [-0.1, -0.05) is 0 Å². The quantitative estimate of drug-likeness (QED) is 0.600. The number of hydrogen-bond acceptors (Lipinski definition) is 2. The molecule has 0 rings (SSSR count). The molecule has 0 aliphatic heterocycles. The summed E-state index contributed by atoms with van der Waals surface area (Å²) in [5.74, 6) is 0. The first-order chi connectivity index (χ1) is 2.91. The SMILES string of the molecule is N#CCOC[NH-].O.O.[Y].[Y]. The summed E-state index contributed by atoms with van der Waals surface area (Å²) >= 11 is 0. The van der Waals surface area contributed by atoms with Crippen molar-refractivity contribution in [3.63, 3.8) is 0 Å². The van der Waals surface area contributed by atoms with Crippen LogP contribution in [0.4, 0.5) is 0 Å². The zero-order valence-corrected chi connectivity index (χ0v) is 11.1. The van der Waals surface area contributed by atoms with Crippen molar-refractivity contribution in [3.8, 4) is 6.07 Å². The van der Waals surface area contributed by atoms with Gasteiger partial charge in [-0.05, 0) is 6.73 Å². The molecule has 0 aromatic heterocycles. The Labute approximate surface area is 110 Å². The number of hydrogen-bond donors (Lipinski definition) is 0. The van der Waals surface area contributed by atoms with Crippen LogP contribution in [0, 0.1) is 11.3 Å². The fourth-order valence-corrected chi connectivity index (χ4v) is 0.0967. The molecular formula is C3H9N2O3Y2-. The van der Waals surface area contributed by atoms with Crippen molar-refractivity contribution in [3.05, 3.63) is 5.73 Å². The Bertz CT molecular complexity index is 67.3. The molecule has 0 aromatic rings. The van der Waals surface area contributed by atoms with Crippen LogP contribution in [-0.4, -0.2) is 24.3 Å². The van der Waals surface area contributed by atoms with Gasteiger partial charge in [-0.15, -0.1) is 0 Å². The molecule has 0 unspecified atom stereocenters. The van der Waals surface area contributed by atoms with Crippen LogP contribution in [0.2, 0.25) is 0 Å². The summed E-state index contributed by atoms with van der Waals surface area (Å²) < 4.78 is 4.29. The van der Waals surface area contributed by atoms with Crippen LogP contribution in [0.3, 0.4) is 0 Å². The molecule has 5 N–H and O–H groups in total. The van der Waals surface area contributed by atoms with Crippen LogP contribution in [0.15, 0.2) is 0 Å². The van der Waals surface area contributed by atoms with E-state index in [0.717, 1.165) is 0 Å². The molecule has 0 aliphatic carbocycles. The summed E-state index contributed by atoms with van der Waals surface area (Å²) in [5, 5.41) is 7.74. The van der Waals surface area contributed by atoms with E-state index in [9.17, 15) is 0 Å². The van der Waals surface area contributed by atoms with Crippen molar-refractivity contribution in [2.75, 3.05) is 13.3 Å². The molecule has 56 valence electrons. The third kappa shape index (κ3) is 33.8. The van der Waals surface area contributed by atoms with E-state index in [1.807, 2.05) is 0 Å². The van der Waals surface area contributed by atoms with E-state index in [4.69, 9.17) is 11.0 Å². The summed E-state index contributed by atoms with van der Waals surface area (Å²) in [6.07, 6.45) is 0. The average molecular weight is 299 g/mol. The summed E-state index contributed by atoms with van der Waals surface area (Å²) in [5.41, 5.74) is 6.33. The Morgan fingerprint density at radius 2 is 1.70 bits per heavy atom. The molecule has 2 radical (unpaired) electrons. The smallest absolute Gasteiger partial charge is 0.131 e. The maximum absolute atomic E-state index is 7.74. The minimum Gasteiger partial charge on any atom is -0.655 e. The van der Waals surface area contributed by atoms with E-state index in [1.165, 1.54) is 0 Å². The Morgan fingerprint density at radius 1 is 1.30 bits per heavy atom.